The lowest BCUT2D eigenvalue weighted by molar-refractivity contribution is 0.0224. The van der Waals surface area contributed by atoms with Gasteiger partial charge in [0.15, 0.2) is 0 Å². The molecule has 0 bridgehead atoms. The van der Waals surface area contributed by atoms with Crippen LogP contribution in [-0.4, -0.2) is 30.4 Å². The summed E-state index contributed by atoms with van der Waals surface area (Å²) in [4.78, 5) is -0.0111. The van der Waals surface area contributed by atoms with Crippen LogP contribution in [-0.2, 0) is 4.74 Å². The van der Waals surface area contributed by atoms with E-state index in [1.165, 1.54) is 0 Å². The molecule has 0 heterocycles. The van der Waals surface area contributed by atoms with Crippen LogP contribution in [0.4, 0.5) is 0 Å². The summed E-state index contributed by atoms with van der Waals surface area (Å²) in [5.74, 6) is 0. The van der Waals surface area contributed by atoms with Gasteiger partial charge in [-0.05, 0) is 32.6 Å². The molecule has 0 saturated heterocycles. The smallest absolute Gasteiger partial charge is 0.110 e. The average molecular weight is 219 g/mol. The highest BCUT2D eigenvalue weighted by Crippen LogP contribution is 2.27. The van der Waals surface area contributed by atoms with Gasteiger partial charge in [-0.1, -0.05) is 20.8 Å². The zero-order chi connectivity index (χ0) is 11.0. The molecule has 3 heteroatoms. The van der Waals surface area contributed by atoms with Crippen LogP contribution >= 0.6 is 11.8 Å². The fourth-order valence-electron chi connectivity index (χ4n) is 1.19. The van der Waals surface area contributed by atoms with E-state index in [4.69, 9.17) is 4.74 Å². The van der Waals surface area contributed by atoms with Gasteiger partial charge in [-0.2, -0.15) is 0 Å². The predicted molar refractivity (Wildman–Crippen MR) is 65.9 cm³/mol. The second kappa shape index (κ2) is 7.55. The molecule has 86 valence electrons. The largest absolute Gasteiger partial charge is 0.363 e. The van der Waals surface area contributed by atoms with Gasteiger partial charge in [0.2, 0.25) is 0 Å². The zero-order valence-corrected chi connectivity index (χ0v) is 11.0. The van der Waals surface area contributed by atoms with Crippen LogP contribution in [0.5, 0.6) is 0 Å². The van der Waals surface area contributed by atoms with E-state index in [2.05, 4.69) is 39.3 Å². The number of likely N-dealkylation sites (N-methyl/N-ethyl adjacent to an activating group) is 1. The highest BCUT2D eigenvalue weighted by molar-refractivity contribution is 7.99. The van der Waals surface area contributed by atoms with Crippen molar-refractivity contribution in [3.8, 4) is 0 Å². The lowest BCUT2D eigenvalue weighted by Gasteiger charge is -2.29. The van der Waals surface area contributed by atoms with Crippen LogP contribution in [0, 0.1) is 0 Å². The predicted octanol–water partition coefficient (Wildman–Crippen LogP) is 2.88. The Kier molecular flexibility index (Phi) is 7.69. The minimum absolute atomic E-state index is 0.0111. The van der Waals surface area contributed by atoms with Crippen molar-refractivity contribution < 1.29 is 4.74 Å². The summed E-state index contributed by atoms with van der Waals surface area (Å²) in [6.45, 7) is 10.5. The Morgan fingerprint density at radius 1 is 1.36 bits per heavy atom. The molecule has 0 aromatic heterocycles. The Bertz CT molecular complexity index is 137. The normalized spacial score (nSPS) is 17.8. The zero-order valence-electron chi connectivity index (χ0n) is 10.2. The quantitative estimate of drug-likeness (QED) is 0.634. The summed E-state index contributed by atoms with van der Waals surface area (Å²) in [7, 11) is 0. The molecule has 0 aliphatic heterocycles. The molecule has 0 radical (unpaired) electrons. The van der Waals surface area contributed by atoms with Crippen molar-refractivity contribution in [2.24, 2.45) is 0 Å². The number of rotatable bonds is 8. The molecule has 0 aromatic carbocycles. The van der Waals surface area contributed by atoms with Crippen molar-refractivity contribution in [3.05, 3.63) is 0 Å². The van der Waals surface area contributed by atoms with Crippen molar-refractivity contribution in [2.75, 3.05) is 19.4 Å². The monoisotopic (exact) mass is 219 g/mol. The van der Waals surface area contributed by atoms with Crippen molar-refractivity contribution in [1.29, 1.82) is 0 Å². The summed E-state index contributed by atoms with van der Waals surface area (Å²) >= 11 is 1.79. The van der Waals surface area contributed by atoms with Crippen molar-refractivity contribution >= 4 is 11.8 Å². The third kappa shape index (κ3) is 5.23. The Labute approximate surface area is 93.2 Å². The summed E-state index contributed by atoms with van der Waals surface area (Å²) in [6.07, 6.45) is 4.29. The summed E-state index contributed by atoms with van der Waals surface area (Å²) < 4.78 is 5.93. The van der Waals surface area contributed by atoms with E-state index in [-0.39, 0.29) is 4.93 Å². The first-order chi connectivity index (χ1) is 6.61. The second-order valence-electron chi connectivity index (χ2n) is 3.67. The SMILES string of the molecule is CCNC(CC)COC(C)(CC)SC. The van der Waals surface area contributed by atoms with Crippen LogP contribution in [0.1, 0.15) is 40.5 Å². The molecule has 0 saturated carbocycles. The fourth-order valence-corrected chi connectivity index (χ4v) is 1.67. The van der Waals surface area contributed by atoms with Crippen LogP contribution in [0.25, 0.3) is 0 Å². The minimum Gasteiger partial charge on any atom is -0.363 e. The van der Waals surface area contributed by atoms with Crippen LogP contribution < -0.4 is 5.32 Å². The summed E-state index contributed by atoms with van der Waals surface area (Å²) in [6, 6.07) is 0.498. The Morgan fingerprint density at radius 2 is 2.00 bits per heavy atom. The number of thioether (sulfide) groups is 1. The van der Waals surface area contributed by atoms with Gasteiger partial charge in [-0.15, -0.1) is 11.8 Å². The number of hydrogen-bond acceptors (Lipinski definition) is 3. The summed E-state index contributed by atoms with van der Waals surface area (Å²) in [5.41, 5.74) is 0. The van der Waals surface area contributed by atoms with Crippen molar-refractivity contribution in [3.63, 3.8) is 0 Å². The van der Waals surface area contributed by atoms with E-state index < -0.39 is 0 Å². The van der Waals surface area contributed by atoms with Gasteiger partial charge in [-0.25, -0.2) is 0 Å². The van der Waals surface area contributed by atoms with Crippen molar-refractivity contribution in [1.82, 2.24) is 5.32 Å². The Hall–Kier alpha value is 0.270. The van der Waals surface area contributed by atoms with Gasteiger partial charge in [0.05, 0.1) is 6.61 Å². The number of nitrogens with one attached hydrogen (secondary N) is 1. The van der Waals surface area contributed by atoms with Gasteiger partial charge in [0, 0.05) is 6.04 Å². The Morgan fingerprint density at radius 3 is 2.36 bits per heavy atom. The minimum atomic E-state index is -0.0111. The summed E-state index contributed by atoms with van der Waals surface area (Å²) in [5, 5.41) is 3.42. The van der Waals surface area contributed by atoms with Gasteiger partial charge in [-0.3, -0.25) is 0 Å². The molecule has 0 amide bonds. The van der Waals surface area contributed by atoms with Gasteiger partial charge >= 0.3 is 0 Å². The molecule has 1 N–H and O–H groups in total. The van der Waals surface area contributed by atoms with Gasteiger partial charge in [0.25, 0.3) is 0 Å². The first-order valence-electron chi connectivity index (χ1n) is 5.54. The fraction of sp³-hybridized carbons (Fsp3) is 1.00. The molecule has 2 nitrogen and oxygen atoms in total. The molecular weight excluding hydrogens is 194 g/mol. The molecule has 2 unspecified atom stereocenters. The standard InChI is InChI=1S/C11H25NOS/c1-6-10(12-8-3)9-13-11(4,7-2)14-5/h10,12H,6-9H2,1-5H3. The molecule has 0 aromatic rings. The molecule has 0 aliphatic carbocycles. The first-order valence-corrected chi connectivity index (χ1v) is 6.76. The molecular formula is C11H25NOS. The molecule has 0 fully saturated rings. The topological polar surface area (TPSA) is 21.3 Å². The van der Waals surface area contributed by atoms with E-state index in [0.717, 1.165) is 26.0 Å². The van der Waals surface area contributed by atoms with Crippen LogP contribution in [0.2, 0.25) is 0 Å². The number of ether oxygens (including phenoxy) is 1. The van der Waals surface area contributed by atoms with E-state index in [1.54, 1.807) is 11.8 Å². The van der Waals surface area contributed by atoms with Gasteiger partial charge < -0.3 is 10.1 Å². The third-order valence-corrected chi connectivity index (χ3v) is 3.92. The maximum Gasteiger partial charge on any atom is 0.110 e. The Balaban J connectivity index is 3.87. The molecule has 2 atom stereocenters. The van der Waals surface area contributed by atoms with Gasteiger partial charge in [0.1, 0.15) is 4.93 Å². The van der Waals surface area contributed by atoms with Crippen molar-refractivity contribution in [2.45, 2.75) is 51.5 Å². The highest BCUT2D eigenvalue weighted by Gasteiger charge is 2.22. The van der Waals surface area contributed by atoms with E-state index >= 15 is 0 Å². The second-order valence-corrected chi connectivity index (χ2v) is 4.94. The van der Waals surface area contributed by atoms with E-state index in [0.29, 0.717) is 6.04 Å². The van der Waals surface area contributed by atoms with Crippen LogP contribution in [0.3, 0.4) is 0 Å². The maximum absolute atomic E-state index is 5.93. The van der Waals surface area contributed by atoms with E-state index in [1.807, 2.05) is 0 Å². The van der Waals surface area contributed by atoms with E-state index in [9.17, 15) is 0 Å². The average Bonchev–Trinajstić information content (AvgIpc) is 2.23. The lowest BCUT2D eigenvalue weighted by atomic mass is 10.2. The molecule has 0 rings (SSSR count). The number of hydrogen-bond donors (Lipinski definition) is 1. The molecule has 0 aliphatic rings. The van der Waals surface area contributed by atoms with Crippen LogP contribution in [0.15, 0.2) is 0 Å². The first kappa shape index (κ1) is 14.3. The molecule has 14 heavy (non-hydrogen) atoms. The third-order valence-electron chi connectivity index (χ3n) is 2.65. The maximum atomic E-state index is 5.93. The lowest BCUT2D eigenvalue weighted by Crippen LogP contribution is -2.36. The highest BCUT2D eigenvalue weighted by atomic mass is 32.2. The molecule has 0 spiro atoms.